The van der Waals surface area contributed by atoms with Gasteiger partial charge < -0.3 is 20.1 Å². The van der Waals surface area contributed by atoms with Crippen molar-refractivity contribution in [3.63, 3.8) is 0 Å². The van der Waals surface area contributed by atoms with Crippen LogP contribution in [0.4, 0.5) is 0 Å². The molecule has 26 heavy (non-hydrogen) atoms. The van der Waals surface area contributed by atoms with Gasteiger partial charge in [-0.3, -0.25) is 10.1 Å². The summed E-state index contributed by atoms with van der Waals surface area (Å²) < 4.78 is 10.5. The van der Waals surface area contributed by atoms with Crippen molar-refractivity contribution in [1.29, 1.82) is 0 Å². The first-order valence-corrected chi connectivity index (χ1v) is 8.34. The van der Waals surface area contributed by atoms with E-state index in [2.05, 4.69) is 30.8 Å². The summed E-state index contributed by atoms with van der Waals surface area (Å²) in [6.45, 7) is 4.79. The first kappa shape index (κ1) is 22.2. The number of aromatic amines is 1. The minimum Gasteiger partial charge on any atom is -0.497 e. The van der Waals surface area contributed by atoms with Crippen LogP contribution in [0.1, 0.15) is 19.2 Å². The number of hydrogen-bond donors (Lipinski definition) is 3. The van der Waals surface area contributed by atoms with Crippen molar-refractivity contribution in [2.75, 3.05) is 33.9 Å². The van der Waals surface area contributed by atoms with Crippen LogP contribution in [0.2, 0.25) is 0 Å². The van der Waals surface area contributed by atoms with E-state index in [0.29, 0.717) is 12.4 Å². The molecular formula is C17H27IN6O2. The smallest absolute Gasteiger partial charge is 0.191 e. The topological polar surface area (TPSA) is 96.4 Å². The Bertz CT molecular complexity index is 660. The zero-order valence-electron chi connectivity index (χ0n) is 15.4. The van der Waals surface area contributed by atoms with Gasteiger partial charge in [-0.1, -0.05) is 0 Å². The fourth-order valence-electron chi connectivity index (χ4n) is 2.16. The molecule has 0 atom stereocenters. The number of benzene rings is 1. The Hall–Kier alpha value is -1.88. The number of aliphatic imine (C=N–C) groups is 1. The minimum atomic E-state index is 0. The molecule has 0 bridgehead atoms. The highest BCUT2D eigenvalue weighted by molar-refractivity contribution is 14.0. The first-order chi connectivity index (χ1) is 12.3. The van der Waals surface area contributed by atoms with E-state index in [-0.39, 0.29) is 24.0 Å². The van der Waals surface area contributed by atoms with Gasteiger partial charge >= 0.3 is 0 Å². The van der Waals surface area contributed by atoms with Gasteiger partial charge in [0.1, 0.15) is 11.6 Å². The number of nitrogens with one attached hydrogen (secondary N) is 3. The Morgan fingerprint density at radius 2 is 2.00 bits per heavy atom. The molecule has 0 saturated carbocycles. The van der Waals surface area contributed by atoms with Gasteiger partial charge in [0.15, 0.2) is 11.8 Å². The molecule has 0 aliphatic heterocycles. The second-order valence-electron chi connectivity index (χ2n) is 5.24. The van der Waals surface area contributed by atoms with Crippen LogP contribution in [0.25, 0.3) is 11.4 Å². The van der Waals surface area contributed by atoms with E-state index < -0.39 is 0 Å². The monoisotopic (exact) mass is 474 g/mol. The van der Waals surface area contributed by atoms with Crippen molar-refractivity contribution in [2.24, 2.45) is 4.99 Å². The van der Waals surface area contributed by atoms with Crippen molar-refractivity contribution >= 4 is 29.9 Å². The lowest BCUT2D eigenvalue weighted by atomic mass is 10.2. The van der Waals surface area contributed by atoms with Gasteiger partial charge in [-0.15, -0.1) is 24.0 Å². The third-order valence-electron chi connectivity index (χ3n) is 3.49. The van der Waals surface area contributed by atoms with E-state index in [1.165, 1.54) is 0 Å². The molecular weight excluding hydrogens is 447 g/mol. The highest BCUT2D eigenvalue weighted by atomic mass is 127. The van der Waals surface area contributed by atoms with Gasteiger partial charge in [-0.2, -0.15) is 5.10 Å². The van der Waals surface area contributed by atoms with Crippen molar-refractivity contribution in [1.82, 2.24) is 25.8 Å². The van der Waals surface area contributed by atoms with Gasteiger partial charge in [0.25, 0.3) is 0 Å². The Kier molecular flexibility index (Phi) is 10.6. The lowest BCUT2D eigenvalue weighted by molar-refractivity contribution is 0.145. The van der Waals surface area contributed by atoms with Gasteiger partial charge in [-0.25, -0.2) is 4.98 Å². The van der Waals surface area contributed by atoms with Crippen molar-refractivity contribution in [2.45, 2.75) is 19.9 Å². The van der Waals surface area contributed by atoms with Crippen molar-refractivity contribution < 1.29 is 9.47 Å². The van der Waals surface area contributed by atoms with Gasteiger partial charge in [-0.05, 0) is 37.6 Å². The number of guanidine groups is 1. The summed E-state index contributed by atoms with van der Waals surface area (Å²) in [5.41, 5.74) is 0.932. The normalized spacial score (nSPS) is 11.0. The van der Waals surface area contributed by atoms with Crippen LogP contribution < -0.4 is 15.4 Å². The SMILES string of the molecule is CCOCCCNC(=NC)NCc1nc(-c2ccc(OC)cc2)n[nH]1.I. The predicted molar refractivity (Wildman–Crippen MR) is 113 cm³/mol. The predicted octanol–water partition coefficient (Wildman–Crippen LogP) is 2.19. The fourth-order valence-corrected chi connectivity index (χ4v) is 2.16. The third kappa shape index (κ3) is 7.16. The average Bonchev–Trinajstić information content (AvgIpc) is 3.13. The Balaban J connectivity index is 0.00000338. The van der Waals surface area contributed by atoms with E-state index in [9.17, 15) is 0 Å². The van der Waals surface area contributed by atoms with Crippen LogP contribution in [-0.2, 0) is 11.3 Å². The number of H-pyrrole nitrogens is 1. The second-order valence-corrected chi connectivity index (χ2v) is 5.24. The molecule has 0 unspecified atom stereocenters. The third-order valence-corrected chi connectivity index (χ3v) is 3.49. The summed E-state index contributed by atoms with van der Waals surface area (Å²) in [4.78, 5) is 8.67. The maximum Gasteiger partial charge on any atom is 0.191 e. The van der Waals surface area contributed by atoms with Gasteiger partial charge in [0.2, 0.25) is 0 Å². The first-order valence-electron chi connectivity index (χ1n) is 8.34. The maximum absolute atomic E-state index is 5.31. The van der Waals surface area contributed by atoms with Crippen LogP contribution in [0.5, 0.6) is 5.75 Å². The standard InChI is InChI=1S/C17H26N6O2.HI/c1-4-25-11-5-10-19-17(18-2)20-12-15-21-16(23-22-15)13-6-8-14(24-3)9-7-13;/h6-9H,4-5,10-12H2,1-3H3,(H2,18,19,20)(H,21,22,23);1H. The van der Waals surface area contributed by atoms with E-state index in [1.807, 2.05) is 31.2 Å². The summed E-state index contributed by atoms with van der Waals surface area (Å²) in [5.74, 6) is 2.92. The number of rotatable bonds is 9. The van der Waals surface area contributed by atoms with Crippen LogP contribution in [0.3, 0.4) is 0 Å². The Labute approximate surface area is 171 Å². The van der Waals surface area contributed by atoms with Crippen LogP contribution in [0, 0.1) is 0 Å². The molecule has 8 nitrogen and oxygen atoms in total. The molecule has 1 aromatic carbocycles. The highest BCUT2D eigenvalue weighted by Gasteiger charge is 2.07. The van der Waals surface area contributed by atoms with E-state index >= 15 is 0 Å². The molecule has 0 spiro atoms. The molecule has 3 N–H and O–H groups in total. The lowest BCUT2D eigenvalue weighted by Crippen LogP contribution is -2.37. The molecule has 0 aliphatic carbocycles. The molecule has 2 aromatic rings. The highest BCUT2D eigenvalue weighted by Crippen LogP contribution is 2.18. The number of methoxy groups -OCH3 is 1. The molecule has 0 amide bonds. The molecule has 0 saturated heterocycles. The van der Waals surface area contributed by atoms with E-state index in [4.69, 9.17) is 9.47 Å². The summed E-state index contributed by atoms with van der Waals surface area (Å²) in [6, 6.07) is 7.63. The molecule has 1 heterocycles. The van der Waals surface area contributed by atoms with Gasteiger partial charge in [0.05, 0.1) is 13.7 Å². The van der Waals surface area contributed by atoms with Crippen LogP contribution in [-0.4, -0.2) is 55.1 Å². The number of nitrogens with zero attached hydrogens (tertiary/aromatic N) is 3. The zero-order valence-corrected chi connectivity index (χ0v) is 17.7. The molecule has 144 valence electrons. The molecule has 0 fully saturated rings. The summed E-state index contributed by atoms with van der Waals surface area (Å²) in [6.07, 6.45) is 0.929. The minimum absolute atomic E-state index is 0. The van der Waals surface area contributed by atoms with Crippen molar-refractivity contribution in [3.05, 3.63) is 30.1 Å². The molecule has 0 aliphatic rings. The zero-order chi connectivity index (χ0) is 17.9. The number of aromatic nitrogens is 3. The average molecular weight is 474 g/mol. The Morgan fingerprint density at radius 1 is 1.23 bits per heavy atom. The number of hydrogen-bond acceptors (Lipinski definition) is 5. The van der Waals surface area contributed by atoms with Gasteiger partial charge in [0, 0.05) is 32.4 Å². The molecule has 2 rings (SSSR count). The number of ether oxygens (including phenoxy) is 2. The van der Waals surface area contributed by atoms with Crippen LogP contribution in [0.15, 0.2) is 29.3 Å². The number of halogens is 1. The van der Waals surface area contributed by atoms with Crippen LogP contribution >= 0.6 is 24.0 Å². The maximum atomic E-state index is 5.31. The Morgan fingerprint density at radius 3 is 2.65 bits per heavy atom. The molecule has 0 radical (unpaired) electrons. The van der Waals surface area contributed by atoms with E-state index in [1.54, 1.807) is 14.2 Å². The summed E-state index contributed by atoms with van der Waals surface area (Å²) >= 11 is 0. The quantitative estimate of drug-likeness (QED) is 0.223. The molecule has 1 aromatic heterocycles. The lowest BCUT2D eigenvalue weighted by Gasteiger charge is -2.10. The fraction of sp³-hybridized carbons (Fsp3) is 0.471. The summed E-state index contributed by atoms with van der Waals surface area (Å²) in [5, 5.41) is 13.6. The van der Waals surface area contributed by atoms with E-state index in [0.717, 1.165) is 49.3 Å². The molecule has 9 heteroatoms. The largest absolute Gasteiger partial charge is 0.497 e. The van der Waals surface area contributed by atoms with Crippen molar-refractivity contribution in [3.8, 4) is 17.1 Å². The second kappa shape index (κ2) is 12.5. The summed E-state index contributed by atoms with van der Waals surface area (Å²) in [7, 11) is 3.38.